The SMILES string of the molecule is CC1(C)[C@H]2CC[C@]1(C)[C@H](N(CCO)CCO)[C@@H]2N(CCO)CCO. The van der Waals surface area contributed by atoms with E-state index in [1.807, 2.05) is 0 Å². The maximum atomic E-state index is 9.52. The van der Waals surface area contributed by atoms with Crippen LogP contribution in [0.5, 0.6) is 0 Å². The Morgan fingerprint density at radius 1 is 0.792 bits per heavy atom. The van der Waals surface area contributed by atoms with E-state index < -0.39 is 0 Å². The molecule has 0 aromatic heterocycles. The molecule has 4 atom stereocenters. The van der Waals surface area contributed by atoms with Gasteiger partial charge in [0.25, 0.3) is 0 Å². The zero-order valence-electron chi connectivity index (χ0n) is 15.5. The molecule has 6 nitrogen and oxygen atoms in total. The summed E-state index contributed by atoms with van der Waals surface area (Å²) in [5.74, 6) is 0.491. The van der Waals surface area contributed by atoms with Crippen molar-refractivity contribution in [3.05, 3.63) is 0 Å². The second-order valence-electron chi connectivity index (χ2n) is 8.19. The molecule has 0 amide bonds. The molecule has 24 heavy (non-hydrogen) atoms. The molecule has 0 aromatic carbocycles. The van der Waals surface area contributed by atoms with Gasteiger partial charge in [-0.2, -0.15) is 0 Å². The average Bonchev–Trinajstić information content (AvgIpc) is 2.85. The van der Waals surface area contributed by atoms with Crippen LogP contribution in [0.4, 0.5) is 0 Å². The highest BCUT2D eigenvalue weighted by molar-refractivity contribution is 5.20. The van der Waals surface area contributed by atoms with Gasteiger partial charge in [0.2, 0.25) is 0 Å². The molecule has 2 aliphatic rings. The molecule has 0 unspecified atom stereocenters. The average molecular weight is 344 g/mol. The highest BCUT2D eigenvalue weighted by Crippen LogP contribution is 2.67. The lowest BCUT2D eigenvalue weighted by Gasteiger charge is -2.48. The number of aliphatic hydroxyl groups excluding tert-OH is 4. The van der Waals surface area contributed by atoms with Crippen LogP contribution < -0.4 is 0 Å². The van der Waals surface area contributed by atoms with Gasteiger partial charge in [0.1, 0.15) is 0 Å². The molecule has 0 aliphatic heterocycles. The van der Waals surface area contributed by atoms with Crippen molar-refractivity contribution in [3.63, 3.8) is 0 Å². The molecule has 4 N–H and O–H groups in total. The minimum Gasteiger partial charge on any atom is -0.395 e. The Bertz CT molecular complexity index is 394. The van der Waals surface area contributed by atoms with Crippen molar-refractivity contribution < 1.29 is 20.4 Å². The standard InChI is InChI=1S/C18H36N2O4/c1-17(2)14-4-5-18(17,3)16(20(8-12-23)9-13-24)15(14)19(6-10-21)7-11-22/h14-16,21-24H,4-13H2,1-3H3/t14-,15+,16+,18+/m0/s1. The van der Waals surface area contributed by atoms with Crippen molar-refractivity contribution in [3.8, 4) is 0 Å². The molecule has 2 bridgehead atoms. The predicted molar refractivity (Wildman–Crippen MR) is 93.7 cm³/mol. The van der Waals surface area contributed by atoms with E-state index in [4.69, 9.17) is 0 Å². The van der Waals surface area contributed by atoms with Gasteiger partial charge in [0.15, 0.2) is 0 Å². The van der Waals surface area contributed by atoms with E-state index in [-0.39, 0.29) is 49.3 Å². The molecule has 2 saturated carbocycles. The number of fused-ring (bicyclic) bond motifs is 2. The highest BCUT2D eigenvalue weighted by atomic mass is 16.3. The van der Waals surface area contributed by atoms with Crippen molar-refractivity contribution in [1.82, 2.24) is 9.80 Å². The van der Waals surface area contributed by atoms with Crippen molar-refractivity contribution >= 4 is 0 Å². The van der Waals surface area contributed by atoms with Gasteiger partial charge in [-0.05, 0) is 29.6 Å². The topological polar surface area (TPSA) is 87.4 Å². The second-order valence-corrected chi connectivity index (χ2v) is 8.19. The molecule has 0 saturated heterocycles. The molecule has 0 radical (unpaired) electrons. The van der Waals surface area contributed by atoms with Crippen LogP contribution in [0.15, 0.2) is 0 Å². The first-order valence-corrected chi connectivity index (χ1v) is 9.30. The summed E-state index contributed by atoms with van der Waals surface area (Å²) in [5, 5.41) is 38.1. The summed E-state index contributed by atoms with van der Waals surface area (Å²) >= 11 is 0. The zero-order chi connectivity index (χ0) is 18.0. The molecule has 6 heteroatoms. The number of hydrogen-bond donors (Lipinski definition) is 4. The third-order valence-corrected chi connectivity index (χ3v) is 7.13. The van der Waals surface area contributed by atoms with E-state index in [1.165, 1.54) is 0 Å². The third kappa shape index (κ3) is 3.13. The van der Waals surface area contributed by atoms with Gasteiger partial charge in [-0.1, -0.05) is 20.8 Å². The van der Waals surface area contributed by atoms with Gasteiger partial charge in [0, 0.05) is 38.3 Å². The maximum absolute atomic E-state index is 9.52. The highest BCUT2D eigenvalue weighted by Gasteiger charge is 2.68. The van der Waals surface area contributed by atoms with Crippen molar-refractivity contribution in [2.24, 2.45) is 16.7 Å². The molecule has 0 heterocycles. The van der Waals surface area contributed by atoms with Gasteiger partial charge in [-0.25, -0.2) is 0 Å². The lowest BCUT2D eigenvalue weighted by atomic mass is 9.68. The first-order valence-electron chi connectivity index (χ1n) is 9.30. The molecule has 0 spiro atoms. The van der Waals surface area contributed by atoms with Crippen LogP contribution in [0.3, 0.4) is 0 Å². The van der Waals surface area contributed by atoms with E-state index in [1.54, 1.807) is 0 Å². The first kappa shape index (κ1) is 20.1. The molecule has 142 valence electrons. The Labute approximate surface area is 146 Å². The van der Waals surface area contributed by atoms with E-state index in [0.717, 1.165) is 12.8 Å². The summed E-state index contributed by atoms with van der Waals surface area (Å²) in [6, 6.07) is 0.444. The van der Waals surface area contributed by atoms with Gasteiger partial charge in [-0.3, -0.25) is 9.80 Å². The molecule has 0 aromatic rings. The lowest BCUT2D eigenvalue weighted by Crippen LogP contribution is -2.59. The van der Waals surface area contributed by atoms with E-state index >= 15 is 0 Å². The zero-order valence-corrected chi connectivity index (χ0v) is 15.5. The number of rotatable bonds is 10. The molecule has 2 aliphatic carbocycles. The smallest absolute Gasteiger partial charge is 0.0558 e. The quantitative estimate of drug-likeness (QED) is 0.437. The third-order valence-electron chi connectivity index (χ3n) is 7.13. The Morgan fingerprint density at radius 3 is 1.71 bits per heavy atom. The summed E-state index contributed by atoms with van der Waals surface area (Å²) in [6.07, 6.45) is 2.30. The predicted octanol–water partition coefficient (Wildman–Crippen LogP) is -0.247. The van der Waals surface area contributed by atoms with E-state index in [2.05, 4.69) is 30.6 Å². The van der Waals surface area contributed by atoms with Crippen molar-refractivity contribution in [2.75, 3.05) is 52.6 Å². The minimum absolute atomic E-state index is 0.0738. The number of aliphatic hydroxyl groups is 4. The number of hydrogen-bond acceptors (Lipinski definition) is 6. The minimum atomic E-state index is 0.0738. The molecule has 2 fully saturated rings. The van der Waals surface area contributed by atoms with Gasteiger partial charge in [0.05, 0.1) is 26.4 Å². The number of nitrogens with zero attached hydrogens (tertiary/aromatic N) is 2. The maximum Gasteiger partial charge on any atom is 0.0558 e. The first-order chi connectivity index (χ1) is 11.4. The summed E-state index contributed by atoms with van der Waals surface area (Å²) in [7, 11) is 0. The largest absolute Gasteiger partial charge is 0.395 e. The van der Waals surface area contributed by atoms with Crippen molar-refractivity contribution in [1.29, 1.82) is 0 Å². The van der Waals surface area contributed by atoms with Crippen LogP contribution in [-0.2, 0) is 0 Å². The summed E-state index contributed by atoms with van der Waals surface area (Å²) in [6.45, 7) is 9.52. The Morgan fingerprint density at radius 2 is 1.25 bits per heavy atom. The fourth-order valence-corrected chi connectivity index (χ4v) is 5.67. The van der Waals surface area contributed by atoms with Gasteiger partial charge in [-0.15, -0.1) is 0 Å². The van der Waals surface area contributed by atoms with Crippen LogP contribution in [-0.4, -0.2) is 94.9 Å². The lowest BCUT2D eigenvalue weighted by molar-refractivity contribution is -0.0179. The summed E-state index contributed by atoms with van der Waals surface area (Å²) in [4.78, 5) is 4.45. The fourth-order valence-electron chi connectivity index (χ4n) is 5.67. The molecular weight excluding hydrogens is 308 g/mol. The fraction of sp³-hybridized carbons (Fsp3) is 1.00. The Kier molecular flexibility index (Phi) is 6.67. The Balaban J connectivity index is 2.40. The van der Waals surface area contributed by atoms with Crippen LogP contribution in [0.2, 0.25) is 0 Å². The summed E-state index contributed by atoms with van der Waals surface area (Å²) < 4.78 is 0. The van der Waals surface area contributed by atoms with E-state index in [0.29, 0.717) is 32.1 Å². The monoisotopic (exact) mass is 344 g/mol. The Hall–Kier alpha value is -0.240. The molecule has 2 rings (SSSR count). The van der Waals surface area contributed by atoms with Crippen LogP contribution in [0, 0.1) is 16.7 Å². The van der Waals surface area contributed by atoms with Crippen LogP contribution in [0.1, 0.15) is 33.6 Å². The molecular formula is C18H36N2O4. The van der Waals surface area contributed by atoms with Crippen LogP contribution >= 0.6 is 0 Å². The van der Waals surface area contributed by atoms with E-state index in [9.17, 15) is 20.4 Å². The van der Waals surface area contributed by atoms with Gasteiger partial charge < -0.3 is 20.4 Å². The normalized spacial score (nSPS) is 34.6. The summed E-state index contributed by atoms with van der Waals surface area (Å²) in [5.41, 5.74) is 0.241. The van der Waals surface area contributed by atoms with Gasteiger partial charge >= 0.3 is 0 Å². The van der Waals surface area contributed by atoms with Crippen LogP contribution in [0.25, 0.3) is 0 Å². The van der Waals surface area contributed by atoms with Crippen molar-refractivity contribution in [2.45, 2.75) is 45.7 Å². The second kappa shape index (κ2) is 7.98.